The van der Waals surface area contributed by atoms with Gasteiger partial charge in [-0.05, 0) is 143 Å². The molecule has 2 aliphatic rings. The number of aliphatic hydroxyl groups excluding tert-OH is 1. The van der Waals surface area contributed by atoms with Crippen molar-refractivity contribution >= 4 is 104 Å². The maximum atomic E-state index is 12.7. The van der Waals surface area contributed by atoms with Gasteiger partial charge in [-0.15, -0.1) is 26.3 Å². The maximum Gasteiger partial charge on any atom is 0.415 e. The van der Waals surface area contributed by atoms with E-state index in [-0.39, 0.29) is 134 Å². The Morgan fingerprint density at radius 1 is 0.493 bits per heavy atom. The van der Waals surface area contributed by atoms with E-state index in [4.69, 9.17) is 79.5 Å². The molecule has 0 atom stereocenters. The number of allylic oxidation sites excluding steroid dienone is 4. The van der Waals surface area contributed by atoms with Crippen LogP contribution in [0, 0.1) is 40.5 Å². The van der Waals surface area contributed by atoms with E-state index in [9.17, 15) is 68.1 Å². The predicted molar refractivity (Wildman–Crippen MR) is 505 cm³/mol. The number of carbonyl (C=O) groups is 4. The summed E-state index contributed by atoms with van der Waals surface area (Å²) in [4.78, 5) is 132. The SMILES string of the molecule is C.C=CCCO.C=CCCOc1nc(N)c([N+](=O)[O-])c(N(Cc2cccc(CC=C)c2)C(=O)OCC)n1.C=CCc1cccc(CN(C(=O)OCC)c2nc(S(C)(=O)=O)nc(N)c2[N+](=O)[O-])c1.CCN(CC)CC.CCOC(=O)N1Cc2cccc(c2)C/C=C/CCOc2nc(N)c([N+](=O)[O-])c1n2.CCOC(=O)N1Cc2cccc(c2)C/C=C\CCOc2nc(N)c([N+](=O)[O-])c1n2.FF.FF. The summed E-state index contributed by atoms with van der Waals surface area (Å²) in [5, 5.41) is 53.8. The number of carbonyl (C=O) groups excluding carboxylic acids is 4. The van der Waals surface area contributed by atoms with Crippen LogP contribution in [-0.4, -0.2) is 181 Å². The van der Waals surface area contributed by atoms with E-state index >= 15 is 0 Å². The second-order valence-corrected chi connectivity index (χ2v) is 29.3. The normalized spacial score (nSPS) is 12.0. The first-order valence-corrected chi connectivity index (χ1v) is 43.4. The number of aliphatic hydroxyl groups is 1. The molecule has 48 heteroatoms. The molecule has 0 spiro atoms. The molecule has 6 heterocycles. The minimum atomic E-state index is -3.96. The summed E-state index contributed by atoms with van der Waals surface area (Å²) in [6.45, 7) is 32.0. The van der Waals surface area contributed by atoms with Crippen molar-refractivity contribution in [2.24, 2.45) is 0 Å². The quantitative estimate of drug-likeness (QED) is 0.00578. The molecule has 0 radical (unpaired) electrons. The van der Waals surface area contributed by atoms with E-state index in [0.29, 0.717) is 62.5 Å². The Bertz CT molecular complexity index is 5300. The summed E-state index contributed by atoms with van der Waals surface area (Å²) in [6, 6.07) is 29.2. The maximum absolute atomic E-state index is 12.7. The fraction of sp³-hybridized carbons (Fsp3) is 0.364. The number of sulfone groups is 1. The summed E-state index contributed by atoms with van der Waals surface area (Å²) in [5.74, 6) is -3.29. The van der Waals surface area contributed by atoms with Crippen molar-refractivity contribution in [2.45, 2.75) is 139 Å². The van der Waals surface area contributed by atoms with Crippen LogP contribution in [0.2, 0.25) is 0 Å². The Morgan fingerprint density at radius 2 is 0.860 bits per heavy atom. The van der Waals surface area contributed by atoms with Gasteiger partial charge in [-0.25, -0.2) is 27.6 Å². The van der Waals surface area contributed by atoms with E-state index in [2.05, 4.69) is 91.9 Å². The van der Waals surface area contributed by atoms with Gasteiger partial charge in [0.25, 0.3) is 5.16 Å². The van der Waals surface area contributed by atoms with Crippen LogP contribution in [0.5, 0.6) is 18.0 Å². The van der Waals surface area contributed by atoms with Crippen molar-refractivity contribution in [3.63, 3.8) is 0 Å². The Hall–Kier alpha value is -15.5. The molecule has 738 valence electrons. The Balaban J connectivity index is 0.000000579. The van der Waals surface area contributed by atoms with Gasteiger partial charge in [0.15, 0.2) is 0 Å². The average Bonchev–Trinajstić information content (AvgIpc) is 0.745. The van der Waals surface area contributed by atoms with E-state index in [0.717, 1.165) is 59.2 Å². The molecule has 10 rings (SSSR count). The van der Waals surface area contributed by atoms with Crippen molar-refractivity contribution in [3.8, 4) is 18.0 Å². The van der Waals surface area contributed by atoms with Crippen LogP contribution in [-0.2, 0) is 80.6 Å². The van der Waals surface area contributed by atoms with Crippen LogP contribution in [0.25, 0.3) is 0 Å². The summed E-state index contributed by atoms with van der Waals surface area (Å²) in [6.07, 6.45) is 17.3. The third-order valence-electron chi connectivity index (χ3n) is 17.9. The van der Waals surface area contributed by atoms with Gasteiger partial charge in [0.2, 0.25) is 56.4 Å². The molecule has 8 aromatic rings. The smallest absolute Gasteiger partial charge is 0.415 e. The molecule has 8 bridgehead atoms. The molecule has 9 N–H and O–H groups in total. The fourth-order valence-corrected chi connectivity index (χ4v) is 12.4. The first-order chi connectivity index (χ1) is 64.7. The zero-order valence-corrected chi connectivity index (χ0v) is 76.6. The lowest BCUT2D eigenvalue weighted by Crippen LogP contribution is -2.33. The summed E-state index contributed by atoms with van der Waals surface area (Å²) in [7, 11) is -3.96. The number of nitrogens with zero attached hydrogens (tertiary/aromatic N) is 17. The largest absolute Gasteiger partial charge is 0.463 e. The van der Waals surface area contributed by atoms with Gasteiger partial charge in [-0.3, -0.25) is 60.1 Å². The number of nitrogen functional groups attached to an aromatic ring is 4. The highest BCUT2D eigenvalue weighted by Gasteiger charge is 2.38. The van der Waals surface area contributed by atoms with Crippen LogP contribution in [0.3, 0.4) is 0 Å². The lowest BCUT2D eigenvalue weighted by atomic mass is 10.1. The molecule has 43 nitrogen and oxygen atoms in total. The highest BCUT2D eigenvalue weighted by atomic mass is 32.2. The number of amides is 4. The predicted octanol–water partition coefficient (Wildman–Crippen LogP) is 16.3. The van der Waals surface area contributed by atoms with Crippen LogP contribution in [0.15, 0.2) is 177 Å². The van der Waals surface area contributed by atoms with Crippen LogP contribution in [0.4, 0.5) is 107 Å². The summed E-state index contributed by atoms with van der Waals surface area (Å²) in [5.41, 5.74) is 27.3. The van der Waals surface area contributed by atoms with E-state index in [1.54, 1.807) is 76.3 Å². The lowest BCUT2D eigenvalue weighted by Gasteiger charge is -2.22. The Morgan fingerprint density at radius 3 is 1.21 bits per heavy atom. The lowest BCUT2D eigenvalue weighted by molar-refractivity contribution is -0.383. The number of anilines is 8. The minimum Gasteiger partial charge on any atom is -0.463 e. The van der Waals surface area contributed by atoms with Crippen molar-refractivity contribution in [1.82, 2.24) is 44.8 Å². The molecule has 4 aromatic heterocycles. The van der Waals surface area contributed by atoms with Gasteiger partial charge in [0, 0.05) is 31.2 Å². The van der Waals surface area contributed by atoms with Crippen LogP contribution >= 0.6 is 0 Å². The number of hydrogen-bond acceptors (Lipinski definition) is 35. The van der Waals surface area contributed by atoms with Crippen molar-refractivity contribution in [3.05, 3.63) is 257 Å². The van der Waals surface area contributed by atoms with Crippen molar-refractivity contribution in [2.75, 3.05) is 121 Å². The fourth-order valence-electron chi connectivity index (χ4n) is 11.9. The standard InChI is InChI=1S/C21H25N5O5.2C19H21N5O5.C18H21N5O6S.C6H15N.C4H8O.CH4.2F2/c1-4-7-12-31-20-23-18(22)17(26(28)29)19(24-20)25(21(27)30-6-3)14-16-11-8-10-15(13-16)9-5-2;2*1-2-28-19(25)23-12-14-9-6-8-13(11-14)7-4-3-5-10-29-18-21-16(20)15(24(26)27)17(23)22-18;1-4-7-12-8-6-9-13(10-12)11-22(18(24)29-5-2)16-14(23(25)26)15(19)20-17(21-16)30(3,27)28;1-4-7(5-2)6-3;1-2-3-4-5;;2*1-2/h4-5,8,10-11,13H,1-2,6-7,9,12,14H2,3H3,(H2,22,23,24);2*3-4,6,8-9,11H,2,5,7,10,12H2,1H3,(H2,20,21,22);4,6,8-10H,1,5,7,11H2,2-3H3,(H2,19,20,21);4-6H2,1-3H3;2,5H,1,3-4H2;1H4;;/b;4-3+;4-3-;;;;;;. The number of hydrogen-bond donors (Lipinski definition) is 5. The van der Waals surface area contributed by atoms with Gasteiger partial charge in [-0.2, -0.15) is 39.9 Å². The van der Waals surface area contributed by atoms with E-state index in [1.807, 2.05) is 97.1 Å². The second-order valence-electron chi connectivity index (χ2n) is 27.4. The number of halogens is 4. The van der Waals surface area contributed by atoms with E-state index in [1.165, 1.54) is 19.6 Å². The molecule has 0 saturated carbocycles. The van der Waals surface area contributed by atoms with Crippen molar-refractivity contribution in [1.29, 1.82) is 0 Å². The Kier molecular flexibility index (Phi) is 53.8. The highest BCUT2D eigenvalue weighted by Crippen LogP contribution is 2.39. The molecule has 0 fully saturated rings. The monoisotopic (exact) mass is 1930 g/mol. The van der Waals surface area contributed by atoms with Gasteiger partial charge in [0.05, 0.1) is 92.1 Å². The number of rotatable bonds is 28. The van der Waals surface area contributed by atoms with Gasteiger partial charge in [-0.1, -0.05) is 174 Å². The third kappa shape index (κ3) is 38.0. The zero-order valence-electron chi connectivity index (χ0n) is 75.8. The number of aromatic nitrogens is 8. The first kappa shape index (κ1) is 117. The molecule has 0 unspecified atom stereocenters. The topological polar surface area (TPSA) is 583 Å². The number of fused-ring (bicyclic) bond motifs is 8. The number of benzene rings is 4. The molecular formula is C88H115F4N21O22S. The molecule has 2 aliphatic heterocycles. The molecule has 136 heavy (non-hydrogen) atoms. The highest BCUT2D eigenvalue weighted by molar-refractivity contribution is 7.90. The first-order valence-electron chi connectivity index (χ1n) is 41.5. The number of nitrogens with two attached hydrogens (primary N) is 4. The van der Waals surface area contributed by atoms with Crippen molar-refractivity contribution < 1.29 is 104 Å². The van der Waals surface area contributed by atoms with E-state index < -0.39 is 99.3 Å². The molecular weight excluding hydrogens is 1810 g/mol. The third-order valence-corrected chi connectivity index (χ3v) is 18.8. The minimum absolute atomic E-state index is 0. The van der Waals surface area contributed by atoms with Crippen LogP contribution < -0.4 is 56.7 Å². The Labute approximate surface area is 783 Å². The molecule has 0 saturated heterocycles. The number of ether oxygens (including phenoxy) is 7. The summed E-state index contributed by atoms with van der Waals surface area (Å²) >= 11 is 0. The van der Waals surface area contributed by atoms with Gasteiger partial charge >= 0.3 is 65.2 Å². The van der Waals surface area contributed by atoms with Gasteiger partial charge < -0.3 is 66.1 Å². The molecule has 4 amide bonds. The zero-order chi connectivity index (χ0) is 101. The van der Waals surface area contributed by atoms with Crippen LogP contribution in [0.1, 0.15) is 126 Å². The average molecular weight is 1930 g/mol. The summed E-state index contributed by atoms with van der Waals surface area (Å²) < 4.78 is 92.6. The van der Waals surface area contributed by atoms with Gasteiger partial charge in [0.1, 0.15) is 0 Å². The molecule has 4 aromatic carbocycles. The molecule has 0 aliphatic carbocycles. The second kappa shape index (κ2) is 62.8. The number of nitro groups is 4.